The normalized spacial score (nSPS) is 19.9. The summed E-state index contributed by atoms with van der Waals surface area (Å²) >= 11 is 0. The molecular weight excluding hydrogens is 438 g/mol. The number of hydroxylamine groups is 2. The average molecular weight is 472 g/mol. The van der Waals surface area contributed by atoms with Gasteiger partial charge < -0.3 is 9.94 Å². The highest BCUT2D eigenvalue weighted by Crippen LogP contribution is 2.38. The Morgan fingerprint density at radius 1 is 1.03 bits per heavy atom. The number of esters is 1. The second-order valence-corrected chi connectivity index (χ2v) is 12.1. The lowest BCUT2D eigenvalue weighted by Crippen LogP contribution is -2.60. The van der Waals surface area contributed by atoms with Gasteiger partial charge in [-0.2, -0.15) is 5.06 Å². The Balaban J connectivity index is 1.66. The molecule has 6 nitrogen and oxygen atoms in total. The number of carbonyl (C=O) groups excluding carboxylic acids is 1. The molecule has 0 bridgehead atoms. The maximum absolute atomic E-state index is 12.7. The van der Waals surface area contributed by atoms with Gasteiger partial charge in [0, 0.05) is 29.3 Å². The van der Waals surface area contributed by atoms with Gasteiger partial charge in [0.15, 0.2) is 9.84 Å². The molecular formula is C26H33NO5S. The summed E-state index contributed by atoms with van der Waals surface area (Å²) in [5, 5.41) is 12.3. The molecule has 0 aliphatic carbocycles. The van der Waals surface area contributed by atoms with Gasteiger partial charge in [-0.1, -0.05) is 42.5 Å². The minimum Gasteiger partial charge on any atom is -0.459 e. The van der Waals surface area contributed by atoms with Crippen molar-refractivity contribution in [2.45, 2.75) is 69.9 Å². The minimum absolute atomic E-state index is 0.310. The van der Waals surface area contributed by atoms with E-state index in [1.54, 1.807) is 43.3 Å². The van der Waals surface area contributed by atoms with Gasteiger partial charge in [-0.15, -0.1) is 0 Å². The molecule has 1 aliphatic rings. The summed E-state index contributed by atoms with van der Waals surface area (Å²) in [5.41, 5.74) is 0.785. The third kappa shape index (κ3) is 5.91. The molecule has 3 rings (SSSR count). The number of sulfone groups is 1. The van der Waals surface area contributed by atoms with Crippen molar-refractivity contribution in [2.24, 2.45) is 0 Å². The molecule has 0 spiro atoms. The van der Waals surface area contributed by atoms with Crippen molar-refractivity contribution < 1.29 is 23.2 Å². The Bertz CT molecular complexity index is 1090. The number of carbonyl (C=O) groups is 1. The van der Waals surface area contributed by atoms with E-state index in [1.165, 1.54) is 16.5 Å². The molecule has 2 aromatic rings. The Morgan fingerprint density at radius 2 is 1.58 bits per heavy atom. The first kappa shape index (κ1) is 25.1. The number of piperidine rings is 1. The van der Waals surface area contributed by atoms with Crippen molar-refractivity contribution in [3.63, 3.8) is 0 Å². The highest BCUT2D eigenvalue weighted by atomic mass is 32.2. The first-order valence-electron chi connectivity index (χ1n) is 11.1. The van der Waals surface area contributed by atoms with Gasteiger partial charge in [-0.05, 0) is 64.0 Å². The van der Waals surface area contributed by atoms with Crippen molar-refractivity contribution in [2.75, 3.05) is 0 Å². The van der Waals surface area contributed by atoms with Gasteiger partial charge >= 0.3 is 5.97 Å². The smallest absolute Gasteiger partial charge is 0.338 e. The van der Waals surface area contributed by atoms with Crippen LogP contribution < -0.4 is 0 Å². The Labute approximate surface area is 196 Å². The highest BCUT2D eigenvalue weighted by Gasteiger charge is 2.46. The van der Waals surface area contributed by atoms with Crippen LogP contribution in [0.1, 0.15) is 74.2 Å². The van der Waals surface area contributed by atoms with Crippen LogP contribution in [0.3, 0.4) is 0 Å². The average Bonchev–Trinajstić information content (AvgIpc) is 2.76. The first-order valence-corrected chi connectivity index (χ1v) is 12.7. The predicted octanol–water partition coefficient (Wildman–Crippen LogP) is 5.40. The summed E-state index contributed by atoms with van der Waals surface area (Å²) in [6, 6.07) is 15.7. The molecule has 7 heteroatoms. The largest absolute Gasteiger partial charge is 0.459 e. The molecule has 1 fully saturated rings. The van der Waals surface area contributed by atoms with Crippen LogP contribution in [0.25, 0.3) is 6.08 Å². The number of benzene rings is 2. The monoisotopic (exact) mass is 471 g/mol. The molecule has 0 amide bonds. The van der Waals surface area contributed by atoms with Crippen LogP contribution in [0.15, 0.2) is 60.0 Å². The van der Waals surface area contributed by atoms with E-state index in [9.17, 15) is 18.4 Å². The quantitative estimate of drug-likeness (QED) is 0.568. The van der Waals surface area contributed by atoms with Crippen molar-refractivity contribution in [3.8, 4) is 0 Å². The Hall–Kier alpha value is -2.48. The molecule has 1 saturated heterocycles. The molecule has 1 heterocycles. The van der Waals surface area contributed by atoms with Crippen molar-refractivity contribution in [1.29, 1.82) is 0 Å². The molecule has 1 N–H and O–H groups in total. The standard InChI is InChI=1S/C26H33NO5S/c1-19(21-9-7-6-8-10-21)33(30,31)16-15-20-11-13-22(14-12-20)24(28)32-23-17-25(2,3)27(29)26(4,5)18-23/h6-16,19,23,29H,17-18H2,1-5H3/b16-15+. The van der Waals surface area contributed by atoms with Crippen LogP contribution >= 0.6 is 0 Å². The number of hydrogen-bond donors (Lipinski definition) is 1. The summed E-state index contributed by atoms with van der Waals surface area (Å²) in [4.78, 5) is 12.7. The molecule has 1 atom stereocenters. The molecule has 0 aromatic heterocycles. The number of hydrogen-bond acceptors (Lipinski definition) is 6. The van der Waals surface area contributed by atoms with Crippen molar-refractivity contribution in [1.82, 2.24) is 5.06 Å². The molecule has 1 aliphatic heterocycles. The fourth-order valence-corrected chi connectivity index (χ4v) is 5.54. The summed E-state index contributed by atoms with van der Waals surface area (Å²) < 4.78 is 31.0. The van der Waals surface area contributed by atoms with Gasteiger partial charge in [-0.25, -0.2) is 13.2 Å². The van der Waals surface area contributed by atoms with E-state index in [0.717, 1.165) is 5.56 Å². The third-order valence-electron chi connectivity index (χ3n) is 6.23. The zero-order valence-electron chi connectivity index (χ0n) is 19.9. The fraction of sp³-hybridized carbons (Fsp3) is 0.423. The van der Waals surface area contributed by atoms with Crippen LogP contribution in [-0.4, -0.2) is 41.8 Å². The molecule has 2 aromatic carbocycles. The Morgan fingerprint density at radius 3 is 2.12 bits per heavy atom. The minimum atomic E-state index is -3.48. The van der Waals surface area contributed by atoms with Crippen molar-refractivity contribution >= 4 is 21.9 Å². The molecule has 33 heavy (non-hydrogen) atoms. The van der Waals surface area contributed by atoms with Gasteiger partial charge in [0.25, 0.3) is 0 Å². The second kappa shape index (κ2) is 9.41. The molecule has 1 unspecified atom stereocenters. The summed E-state index contributed by atoms with van der Waals surface area (Å²) in [6.45, 7) is 9.34. The zero-order chi connectivity index (χ0) is 24.4. The maximum atomic E-state index is 12.7. The maximum Gasteiger partial charge on any atom is 0.338 e. The highest BCUT2D eigenvalue weighted by molar-refractivity contribution is 7.94. The van der Waals surface area contributed by atoms with Gasteiger partial charge in [0.2, 0.25) is 0 Å². The summed E-state index contributed by atoms with van der Waals surface area (Å²) in [7, 11) is -3.48. The molecule has 178 valence electrons. The van der Waals surface area contributed by atoms with E-state index in [2.05, 4.69) is 0 Å². The van der Waals surface area contributed by atoms with E-state index in [-0.39, 0.29) is 6.10 Å². The van der Waals surface area contributed by atoms with Crippen LogP contribution in [0.5, 0.6) is 0 Å². The predicted molar refractivity (Wildman–Crippen MR) is 129 cm³/mol. The van der Waals surface area contributed by atoms with Gasteiger partial charge in [-0.3, -0.25) is 0 Å². The third-order valence-corrected chi connectivity index (χ3v) is 8.01. The Kier molecular flexibility index (Phi) is 7.17. The van der Waals surface area contributed by atoms with E-state index < -0.39 is 32.1 Å². The van der Waals surface area contributed by atoms with Crippen LogP contribution in [0.4, 0.5) is 0 Å². The van der Waals surface area contributed by atoms with E-state index in [1.807, 2.05) is 45.9 Å². The fourth-order valence-electron chi connectivity index (χ4n) is 4.42. The lowest BCUT2D eigenvalue weighted by Gasteiger charge is -2.50. The summed E-state index contributed by atoms with van der Waals surface area (Å²) in [6.07, 6.45) is 2.27. The lowest BCUT2D eigenvalue weighted by atomic mass is 9.80. The van der Waals surface area contributed by atoms with Gasteiger partial charge in [0.1, 0.15) is 6.10 Å². The number of rotatable bonds is 6. The first-order chi connectivity index (χ1) is 15.3. The number of ether oxygens (including phenoxy) is 1. The van der Waals surface area contributed by atoms with Gasteiger partial charge in [0.05, 0.1) is 10.8 Å². The lowest BCUT2D eigenvalue weighted by molar-refractivity contribution is -0.256. The van der Waals surface area contributed by atoms with E-state index >= 15 is 0 Å². The number of nitrogens with zero attached hydrogens (tertiary/aromatic N) is 1. The topological polar surface area (TPSA) is 83.9 Å². The van der Waals surface area contributed by atoms with Crippen molar-refractivity contribution in [3.05, 3.63) is 76.7 Å². The van der Waals surface area contributed by atoms with Crippen LogP contribution in [0.2, 0.25) is 0 Å². The summed E-state index contributed by atoms with van der Waals surface area (Å²) in [5.74, 6) is -0.432. The van der Waals surface area contributed by atoms with Crippen LogP contribution in [0, 0.1) is 0 Å². The van der Waals surface area contributed by atoms with Crippen LogP contribution in [-0.2, 0) is 14.6 Å². The SMILES string of the molecule is CC(c1ccccc1)S(=O)(=O)/C=C/c1ccc(C(=O)OC2CC(C)(C)N(O)C(C)(C)C2)cc1. The zero-order valence-corrected chi connectivity index (χ0v) is 20.7. The molecule has 0 saturated carbocycles. The molecule has 0 radical (unpaired) electrons. The van der Waals surface area contributed by atoms with E-state index in [4.69, 9.17) is 4.74 Å². The second-order valence-electron chi connectivity index (χ2n) is 9.94. The van der Waals surface area contributed by atoms with E-state index in [0.29, 0.717) is 24.0 Å².